The van der Waals surface area contributed by atoms with E-state index in [0.29, 0.717) is 12.0 Å². The molecule has 4 rings (SSSR count). The maximum Gasteiger partial charge on any atom is 0.159 e. The number of hydrogen-bond acceptors (Lipinski definition) is 3. The van der Waals surface area contributed by atoms with E-state index in [-0.39, 0.29) is 5.78 Å². The topological polar surface area (TPSA) is 41.1 Å². The van der Waals surface area contributed by atoms with E-state index >= 15 is 0 Å². The highest BCUT2D eigenvalue weighted by Crippen LogP contribution is 2.45. The SMILES string of the molecule is CC(=O)c1cccc(-c2cccc3c2C2CCNCCC2N3)c1. The lowest BCUT2D eigenvalue weighted by Gasteiger charge is -2.18. The molecule has 0 saturated carbocycles. The molecule has 0 aromatic heterocycles. The minimum Gasteiger partial charge on any atom is -0.381 e. The summed E-state index contributed by atoms with van der Waals surface area (Å²) in [5.41, 5.74) is 5.90. The lowest BCUT2D eigenvalue weighted by atomic mass is 9.85. The smallest absolute Gasteiger partial charge is 0.159 e. The molecule has 2 aliphatic rings. The standard InChI is InChI=1S/C20H22N2O/c1-13(23)14-4-2-5-15(12-14)16-6-3-7-19-20(16)17-8-10-21-11-9-18(17)22-19/h2-7,12,17-18,21-22H,8-11H2,1H3. The Balaban J connectivity index is 1.81. The van der Waals surface area contributed by atoms with Crippen LogP contribution >= 0.6 is 0 Å². The first-order valence-electron chi connectivity index (χ1n) is 8.45. The summed E-state index contributed by atoms with van der Waals surface area (Å²) in [6.45, 7) is 3.78. The largest absolute Gasteiger partial charge is 0.381 e. The number of Topliss-reactive ketones (excluding diaryl/α,β-unsaturated/α-hetero) is 1. The zero-order valence-electron chi connectivity index (χ0n) is 13.4. The Kier molecular flexibility index (Phi) is 3.66. The first kappa shape index (κ1) is 14.5. The van der Waals surface area contributed by atoms with Crippen LogP contribution in [0.25, 0.3) is 11.1 Å². The summed E-state index contributed by atoms with van der Waals surface area (Å²) in [5.74, 6) is 0.672. The summed E-state index contributed by atoms with van der Waals surface area (Å²) in [6, 6.07) is 15.1. The van der Waals surface area contributed by atoms with Gasteiger partial charge in [-0.2, -0.15) is 0 Å². The van der Waals surface area contributed by atoms with E-state index in [1.807, 2.05) is 18.2 Å². The molecule has 118 valence electrons. The predicted octanol–water partition coefficient (Wildman–Crippen LogP) is 3.82. The molecular formula is C20H22N2O. The van der Waals surface area contributed by atoms with Crippen molar-refractivity contribution in [2.45, 2.75) is 31.7 Å². The van der Waals surface area contributed by atoms with Gasteiger partial charge < -0.3 is 10.6 Å². The van der Waals surface area contributed by atoms with Crippen LogP contribution in [-0.4, -0.2) is 24.9 Å². The van der Waals surface area contributed by atoms with Gasteiger partial charge in [0.05, 0.1) is 0 Å². The summed E-state index contributed by atoms with van der Waals surface area (Å²) in [4.78, 5) is 11.7. The van der Waals surface area contributed by atoms with Gasteiger partial charge >= 0.3 is 0 Å². The lowest BCUT2D eigenvalue weighted by Crippen LogP contribution is -2.21. The Hall–Kier alpha value is -2.13. The van der Waals surface area contributed by atoms with Crippen molar-refractivity contribution in [3.63, 3.8) is 0 Å². The molecule has 23 heavy (non-hydrogen) atoms. The monoisotopic (exact) mass is 306 g/mol. The van der Waals surface area contributed by atoms with Crippen LogP contribution in [-0.2, 0) is 0 Å². The number of ketones is 1. The van der Waals surface area contributed by atoms with Gasteiger partial charge in [-0.05, 0) is 61.7 Å². The Labute approximate surface area is 137 Å². The van der Waals surface area contributed by atoms with Crippen LogP contribution in [0.4, 0.5) is 5.69 Å². The first-order chi connectivity index (χ1) is 11.2. The zero-order chi connectivity index (χ0) is 15.8. The summed E-state index contributed by atoms with van der Waals surface area (Å²) < 4.78 is 0. The Bertz CT molecular complexity index is 753. The molecule has 2 N–H and O–H groups in total. The molecule has 3 nitrogen and oxygen atoms in total. The van der Waals surface area contributed by atoms with E-state index in [2.05, 4.69) is 34.9 Å². The highest BCUT2D eigenvalue weighted by atomic mass is 16.1. The molecule has 0 spiro atoms. The first-order valence-corrected chi connectivity index (χ1v) is 8.45. The highest BCUT2D eigenvalue weighted by Gasteiger charge is 2.34. The van der Waals surface area contributed by atoms with Crippen molar-refractivity contribution in [2.24, 2.45) is 0 Å². The molecule has 2 aliphatic heterocycles. The fourth-order valence-electron chi connectivity index (χ4n) is 4.01. The number of carbonyl (C=O) groups is 1. The van der Waals surface area contributed by atoms with E-state index in [1.54, 1.807) is 6.92 Å². The van der Waals surface area contributed by atoms with Crippen LogP contribution in [0.2, 0.25) is 0 Å². The number of fused-ring (bicyclic) bond motifs is 3. The second-order valence-corrected chi connectivity index (χ2v) is 6.59. The molecule has 0 radical (unpaired) electrons. The third kappa shape index (κ3) is 2.55. The Morgan fingerprint density at radius 2 is 1.91 bits per heavy atom. The third-order valence-corrected chi connectivity index (χ3v) is 5.15. The normalized spacial score (nSPS) is 22.7. The van der Waals surface area contributed by atoms with Gasteiger partial charge in [0, 0.05) is 23.2 Å². The van der Waals surface area contributed by atoms with E-state index < -0.39 is 0 Å². The van der Waals surface area contributed by atoms with E-state index in [0.717, 1.165) is 37.1 Å². The molecule has 1 saturated heterocycles. The van der Waals surface area contributed by atoms with Crippen LogP contribution in [0.15, 0.2) is 42.5 Å². The predicted molar refractivity (Wildman–Crippen MR) is 94.1 cm³/mol. The number of nitrogens with one attached hydrogen (secondary N) is 2. The van der Waals surface area contributed by atoms with Gasteiger partial charge in [0.2, 0.25) is 0 Å². The van der Waals surface area contributed by atoms with Gasteiger partial charge in [0.1, 0.15) is 0 Å². The van der Waals surface area contributed by atoms with Gasteiger partial charge in [0.25, 0.3) is 0 Å². The molecule has 2 atom stereocenters. The van der Waals surface area contributed by atoms with Crippen molar-refractivity contribution in [1.29, 1.82) is 0 Å². The van der Waals surface area contributed by atoms with Crippen molar-refractivity contribution < 1.29 is 4.79 Å². The van der Waals surface area contributed by atoms with E-state index in [9.17, 15) is 4.79 Å². The lowest BCUT2D eigenvalue weighted by molar-refractivity contribution is 0.101. The second kappa shape index (κ2) is 5.82. The second-order valence-electron chi connectivity index (χ2n) is 6.59. The average molecular weight is 306 g/mol. The fraction of sp³-hybridized carbons (Fsp3) is 0.350. The number of benzene rings is 2. The van der Waals surface area contributed by atoms with Crippen LogP contribution in [0.1, 0.15) is 41.6 Å². The summed E-state index contributed by atoms with van der Waals surface area (Å²) >= 11 is 0. The van der Waals surface area contributed by atoms with Gasteiger partial charge in [-0.15, -0.1) is 0 Å². The van der Waals surface area contributed by atoms with Gasteiger partial charge in [-0.1, -0.05) is 30.3 Å². The number of anilines is 1. The number of hydrogen-bond donors (Lipinski definition) is 2. The van der Waals surface area contributed by atoms with Crippen molar-refractivity contribution in [3.8, 4) is 11.1 Å². The van der Waals surface area contributed by atoms with Crippen LogP contribution < -0.4 is 10.6 Å². The fourth-order valence-corrected chi connectivity index (χ4v) is 4.01. The molecule has 0 amide bonds. The van der Waals surface area contributed by atoms with E-state index in [4.69, 9.17) is 0 Å². The maximum absolute atomic E-state index is 11.7. The molecule has 3 heteroatoms. The van der Waals surface area contributed by atoms with Gasteiger partial charge in [-0.25, -0.2) is 0 Å². The summed E-state index contributed by atoms with van der Waals surface area (Å²) in [7, 11) is 0. The van der Waals surface area contributed by atoms with Gasteiger partial charge in [-0.3, -0.25) is 4.79 Å². The molecule has 2 heterocycles. The minimum atomic E-state index is 0.120. The van der Waals surface area contributed by atoms with Crippen LogP contribution in [0, 0.1) is 0 Å². The molecule has 2 aromatic rings. The van der Waals surface area contributed by atoms with Crippen molar-refractivity contribution >= 4 is 11.5 Å². The summed E-state index contributed by atoms with van der Waals surface area (Å²) in [5, 5.41) is 7.22. The molecule has 1 fully saturated rings. The van der Waals surface area contributed by atoms with Crippen LogP contribution in [0.3, 0.4) is 0 Å². The van der Waals surface area contributed by atoms with Crippen molar-refractivity contribution in [2.75, 3.05) is 18.4 Å². The third-order valence-electron chi connectivity index (χ3n) is 5.15. The maximum atomic E-state index is 11.7. The van der Waals surface area contributed by atoms with Crippen molar-refractivity contribution in [1.82, 2.24) is 5.32 Å². The average Bonchev–Trinajstić information content (AvgIpc) is 2.76. The molecule has 2 aromatic carbocycles. The number of carbonyl (C=O) groups excluding carboxylic acids is 1. The van der Waals surface area contributed by atoms with Gasteiger partial charge in [0.15, 0.2) is 5.78 Å². The summed E-state index contributed by atoms with van der Waals surface area (Å²) in [6.07, 6.45) is 2.32. The number of rotatable bonds is 2. The molecular weight excluding hydrogens is 284 g/mol. The van der Waals surface area contributed by atoms with Crippen LogP contribution in [0.5, 0.6) is 0 Å². The Morgan fingerprint density at radius 1 is 1.09 bits per heavy atom. The quantitative estimate of drug-likeness (QED) is 0.829. The van der Waals surface area contributed by atoms with Crippen molar-refractivity contribution in [3.05, 3.63) is 53.6 Å². The molecule has 2 unspecified atom stereocenters. The molecule has 0 bridgehead atoms. The minimum absolute atomic E-state index is 0.120. The Morgan fingerprint density at radius 3 is 2.78 bits per heavy atom. The zero-order valence-corrected chi connectivity index (χ0v) is 13.4. The molecule has 0 aliphatic carbocycles. The van der Waals surface area contributed by atoms with E-state index in [1.165, 1.54) is 16.8 Å². The highest BCUT2D eigenvalue weighted by molar-refractivity contribution is 5.95.